The van der Waals surface area contributed by atoms with Crippen LogP contribution >= 0.6 is 11.3 Å². The minimum Gasteiger partial charge on any atom is -0.331 e. The second kappa shape index (κ2) is 6.35. The smallest absolute Gasteiger partial charge is 0.318 e. The van der Waals surface area contributed by atoms with Crippen LogP contribution in [0, 0.1) is 13.8 Å². The number of nitrogens with one attached hydrogen (secondary N) is 1. The van der Waals surface area contributed by atoms with Crippen LogP contribution in [0.3, 0.4) is 0 Å². The van der Waals surface area contributed by atoms with Gasteiger partial charge >= 0.3 is 6.03 Å². The van der Waals surface area contributed by atoms with E-state index in [1.54, 1.807) is 11.3 Å². The van der Waals surface area contributed by atoms with E-state index in [0.29, 0.717) is 6.54 Å². The molecule has 0 spiro atoms. The minimum atomic E-state index is 0.0115. The van der Waals surface area contributed by atoms with Gasteiger partial charge in [-0.25, -0.2) is 4.79 Å². The van der Waals surface area contributed by atoms with Gasteiger partial charge in [0.2, 0.25) is 0 Å². The first-order chi connectivity index (χ1) is 11.0. The van der Waals surface area contributed by atoms with Crippen molar-refractivity contribution in [1.29, 1.82) is 0 Å². The number of carbonyl (C=O) groups is 1. The molecular formula is C17H24N4OS. The summed E-state index contributed by atoms with van der Waals surface area (Å²) in [6.07, 6.45) is 3.84. The minimum absolute atomic E-state index is 0.0115. The molecule has 6 heteroatoms. The number of hydrogen-bond acceptors (Lipinski definition) is 3. The first-order valence-electron chi connectivity index (χ1n) is 8.08. The quantitative estimate of drug-likeness (QED) is 0.917. The molecule has 0 bridgehead atoms. The number of thiophene rings is 1. The lowest BCUT2D eigenvalue weighted by molar-refractivity contribution is 0.192. The van der Waals surface area contributed by atoms with Crippen LogP contribution in [0.2, 0.25) is 0 Å². The third-order valence-corrected chi connectivity index (χ3v) is 5.51. The van der Waals surface area contributed by atoms with E-state index in [4.69, 9.17) is 0 Å². The summed E-state index contributed by atoms with van der Waals surface area (Å²) < 4.78 is 1.93. The predicted molar refractivity (Wildman–Crippen MR) is 92.7 cm³/mol. The molecule has 2 aromatic rings. The summed E-state index contributed by atoms with van der Waals surface area (Å²) in [5.74, 6) is 0. The third-order valence-electron chi connectivity index (χ3n) is 4.52. The lowest BCUT2D eigenvalue weighted by atomic mass is 10.1. The molecule has 3 heterocycles. The lowest BCUT2D eigenvalue weighted by Crippen LogP contribution is -2.40. The van der Waals surface area contributed by atoms with Crippen molar-refractivity contribution in [1.82, 2.24) is 20.0 Å². The Hall–Kier alpha value is -1.82. The van der Waals surface area contributed by atoms with Crippen LogP contribution in [0.25, 0.3) is 0 Å². The summed E-state index contributed by atoms with van der Waals surface area (Å²) in [4.78, 5) is 17.1. The van der Waals surface area contributed by atoms with Gasteiger partial charge in [-0.3, -0.25) is 4.68 Å². The Kier molecular flexibility index (Phi) is 4.43. The largest absolute Gasteiger partial charge is 0.331 e. The summed E-state index contributed by atoms with van der Waals surface area (Å²) in [6, 6.07) is 2.22. The molecular weight excluding hydrogens is 308 g/mol. The van der Waals surface area contributed by atoms with Gasteiger partial charge in [0.1, 0.15) is 0 Å². The van der Waals surface area contributed by atoms with Crippen LogP contribution in [0.1, 0.15) is 46.0 Å². The standard InChI is InChI=1S/C17H24N4OS/c1-11-8-15(13(3)23-11)12(2)19-17(22)21-7-5-6-16-14(10-21)9-18-20(16)4/h8-9,12H,5-7,10H2,1-4H3,(H,19,22)/t12-/m1/s1. The zero-order valence-electron chi connectivity index (χ0n) is 14.2. The zero-order valence-corrected chi connectivity index (χ0v) is 15.0. The van der Waals surface area contributed by atoms with E-state index in [-0.39, 0.29) is 12.1 Å². The molecule has 23 heavy (non-hydrogen) atoms. The number of urea groups is 1. The van der Waals surface area contributed by atoms with Crippen molar-refractivity contribution in [2.45, 2.75) is 46.2 Å². The van der Waals surface area contributed by atoms with Crippen molar-refractivity contribution in [2.75, 3.05) is 6.54 Å². The molecule has 0 unspecified atom stereocenters. The fraction of sp³-hybridized carbons (Fsp3) is 0.529. The summed E-state index contributed by atoms with van der Waals surface area (Å²) in [6.45, 7) is 7.70. The van der Waals surface area contributed by atoms with Crippen LogP contribution in [0.5, 0.6) is 0 Å². The second-order valence-electron chi connectivity index (χ2n) is 6.30. The third kappa shape index (κ3) is 3.27. The molecule has 0 aromatic carbocycles. The topological polar surface area (TPSA) is 50.2 Å². The van der Waals surface area contributed by atoms with E-state index in [1.807, 2.05) is 22.8 Å². The van der Waals surface area contributed by atoms with E-state index in [0.717, 1.165) is 24.9 Å². The number of aryl methyl sites for hydroxylation is 3. The van der Waals surface area contributed by atoms with Gasteiger partial charge in [-0.05, 0) is 45.2 Å². The first-order valence-corrected chi connectivity index (χ1v) is 8.89. The average Bonchev–Trinajstić information content (AvgIpc) is 2.92. The van der Waals surface area contributed by atoms with Crippen LogP contribution in [0.15, 0.2) is 12.3 Å². The van der Waals surface area contributed by atoms with Gasteiger partial charge in [-0.15, -0.1) is 11.3 Å². The fourth-order valence-corrected chi connectivity index (χ4v) is 4.32. The SMILES string of the molecule is Cc1cc([C@@H](C)NC(=O)N2CCCc3c(cnn3C)C2)c(C)s1. The molecule has 2 amide bonds. The number of nitrogens with zero attached hydrogens (tertiary/aromatic N) is 3. The van der Waals surface area contributed by atoms with Crippen molar-refractivity contribution >= 4 is 17.4 Å². The summed E-state index contributed by atoms with van der Waals surface area (Å²) in [7, 11) is 1.97. The van der Waals surface area contributed by atoms with Gasteiger partial charge in [0.05, 0.1) is 18.8 Å². The zero-order chi connectivity index (χ0) is 16.6. The number of hydrogen-bond donors (Lipinski definition) is 1. The Morgan fingerprint density at radius 3 is 2.91 bits per heavy atom. The van der Waals surface area contributed by atoms with Gasteiger partial charge in [0, 0.05) is 34.6 Å². The molecule has 0 saturated heterocycles. The Morgan fingerprint density at radius 2 is 2.22 bits per heavy atom. The molecule has 1 atom stereocenters. The molecule has 1 aliphatic rings. The monoisotopic (exact) mass is 332 g/mol. The average molecular weight is 332 g/mol. The van der Waals surface area contributed by atoms with Gasteiger partial charge in [0.15, 0.2) is 0 Å². The Bertz CT molecular complexity index is 718. The number of rotatable bonds is 2. The maximum Gasteiger partial charge on any atom is 0.318 e. The summed E-state index contributed by atoms with van der Waals surface area (Å²) in [5.41, 5.74) is 3.63. The van der Waals surface area contributed by atoms with Crippen LogP contribution in [-0.2, 0) is 20.0 Å². The molecule has 0 fully saturated rings. The van der Waals surface area contributed by atoms with Gasteiger partial charge in [-0.2, -0.15) is 5.10 Å². The Morgan fingerprint density at radius 1 is 1.43 bits per heavy atom. The van der Waals surface area contributed by atoms with E-state index in [9.17, 15) is 4.79 Å². The van der Waals surface area contributed by atoms with Gasteiger partial charge in [-0.1, -0.05) is 0 Å². The maximum absolute atomic E-state index is 12.7. The van der Waals surface area contributed by atoms with Crippen molar-refractivity contribution in [3.05, 3.63) is 38.8 Å². The second-order valence-corrected chi connectivity index (χ2v) is 7.77. The predicted octanol–water partition coefficient (Wildman–Crippen LogP) is 3.32. The van der Waals surface area contributed by atoms with Gasteiger partial charge < -0.3 is 10.2 Å². The highest BCUT2D eigenvalue weighted by atomic mass is 32.1. The molecule has 1 aliphatic heterocycles. The molecule has 1 N–H and O–H groups in total. The number of fused-ring (bicyclic) bond motifs is 1. The summed E-state index contributed by atoms with van der Waals surface area (Å²) >= 11 is 1.78. The van der Waals surface area contributed by atoms with E-state index < -0.39 is 0 Å². The van der Waals surface area contributed by atoms with Gasteiger partial charge in [0.25, 0.3) is 0 Å². The maximum atomic E-state index is 12.7. The highest BCUT2D eigenvalue weighted by Gasteiger charge is 2.23. The van der Waals surface area contributed by atoms with Crippen LogP contribution in [-0.4, -0.2) is 27.3 Å². The molecule has 0 saturated carbocycles. The molecule has 3 rings (SSSR count). The van der Waals surface area contributed by atoms with E-state index in [1.165, 1.54) is 21.0 Å². The number of amides is 2. The fourth-order valence-electron chi connectivity index (χ4n) is 3.29. The Labute approximate surface area is 141 Å². The molecule has 0 aliphatic carbocycles. The van der Waals surface area contributed by atoms with E-state index in [2.05, 4.69) is 37.3 Å². The van der Waals surface area contributed by atoms with Crippen LogP contribution < -0.4 is 5.32 Å². The molecule has 2 aromatic heterocycles. The van der Waals surface area contributed by atoms with Crippen molar-refractivity contribution < 1.29 is 4.79 Å². The summed E-state index contributed by atoms with van der Waals surface area (Å²) in [5, 5.41) is 7.47. The molecule has 5 nitrogen and oxygen atoms in total. The lowest BCUT2D eigenvalue weighted by Gasteiger charge is -2.23. The molecule has 124 valence electrons. The van der Waals surface area contributed by atoms with Crippen molar-refractivity contribution in [3.8, 4) is 0 Å². The highest BCUT2D eigenvalue weighted by molar-refractivity contribution is 7.12. The van der Waals surface area contributed by atoms with Crippen LogP contribution in [0.4, 0.5) is 4.79 Å². The molecule has 0 radical (unpaired) electrons. The number of aromatic nitrogens is 2. The van der Waals surface area contributed by atoms with E-state index >= 15 is 0 Å². The number of carbonyl (C=O) groups excluding carboxylic acids is 1. The Balaban J connectivity index is 1.69. The highest BCUT2D eigenvalue weighted by Crippen LogP contribution is 2.26. The van der Waals surface area contributed by atoms with Crippen molar-refractivity contribution in [2.24, 2.45) is 7.05 Å². The normalized spacial score (nSPS) is 15.9. The van der Waals surface area contributed by atoms with Crippen molar-refractivity contribution in [3.63, 3.8) is 0 Å². The first kappa shape index (κ1) is 16.1.